The van der Waals surface area contributed by atoms with Crippen LogP contribution in [0, 0.1) is 30.1 Å². The first-order chi connectivity index (χ1) is 9.64. The molecule has 1 aromatic heterocycles. The summed E-state index contributed by atoms with van der Waals surface area (Å²) in [6.45, 7) is 2.39. The lowest BCUT2D eigenvalue weighted by Gasteiger charge is -2.55. The van der Waals surface area contributed by atoms with Gasteiger partial charge in [0.05, 0.1) is 12.2 Å². The number of amides is 1. The van der Waals surface area contributed by atoms with Gasteiger partial charge in [0.25, 0.3) is 0 Å². The minimum absolute atomic E-state index is 0.0668. The molecular formula is C16H22N2O2. The third kappa shape index (κ3) is 1.88. The van der Waals surface area contributed by atoms with Gasteiger partial charge in [-0.15, -0.1) is 0 Å². The summed E-state index contributed by atoms with van der Waals surface area (Å²) in [4.78, 5) is 16.8. The molecule has 0 saturated heterocycles. The van der Waals surface area contributed by atoms with Crippen molar-refractivity contribution in [3.63, 3.8) is 0 Å². The first-order valence-corrected chi connectivity index (χ1v) is 7.82. The molecule has 4 aliphatic carbocycles. The molecule has 1 aromatic rings. The molecule has 0 unspecified atom stereocenters. The Hall–Kier alpha value is -1.32. The first-order valence-electron chi connectivity index (χ1n) is 7.82. The molecule has 0 aromatic carbocycles. The summed E-state index contributed by atoms with van der Waals surface area (Å²) in [6.07, 6.45) is 8.89. The Labute approximate surface area is 119 Å². The summed E-state index contributed by atoms with van der Waals surface area (Å²) < 4.78 is 5.31. The monoisotopic (exact) mass is 274 g/mol. The van der Waals surface area contributed by atoms with Crippen molar-refractivity contribution in [1.82, 2.24) is 10.3 Å². The van der Waals surface area contributed by atoms with Crippen LogP contribution in [0.1, 0.15) is 50.0 Å². The summed E-state index contributed by atoms with van der Waals surface area (Å²) in [7, 11) is 0. The van der Waals surface area contributed by atoms with Crippen LogP contribution >= 0.6 is 0 Å². The largest absolute Gasteiger partial charge is 0.446 e. The molecule has 1 N–H and O–H groups in total. The molecule has 20 heavy (non-hydrogen) atoms. The fourth-order valence-electron chi connectivity index (χ4n) is 5.23. The van der Waals surface area contributed by atoms with E-state index >= 15 is 0 Å². The molecule has 4 nitrogen and oxygen atoms in total. The molecule has 0 atom stereocenters. The highest BCUT2D eigenvalue weighted by molar-refractivity contribution is 5.83. The summed E-state index contributed by atoms with van der Waals surface area (Å²) in [5.41, 5.74) is 0.804. The molecule has 4 saturated carbocycles. The summed E-state index contributed by atoms with van der Waals surface area (Å²) in [5, 5.41) is 3.11. The van der Waals surface area contributed by atoms with Crippen molar-refractivity contribution in [2.24, 2.45) is 23.2 Å². The lowest BCUT2D eigenvalue weighted by molar-refractivity contribution is -0.146. The normalized spacial score (nSPS) is 38.1. The number of carbonyl (C=O) groups is 1. The lowest BCUT2D eigenvalue weighted by Crippen LogP contribution is -2.53. The predicted octanol–water partition coefficient (Wildman–Crippen LogP) is 2.82. The van der Waals surface area contributed by atoms with Crippen molar-refractivity contribution >= 4 is 5.91 Å². The van der Waals surface area contributed by atoms with Gasteiger partial charge >= 0.3 is 0 Å². The van der Waals surface area contributed by atoms with Crippen molar-refractivity contribution < 1.29 is 9.21 Å². The molecule has 5 rings (SSSR count). The van der Waals surface area contributed by atoms with E-state index in [0.717, 1.165) is 48.5 Å². The highest BCUT2D eigenvalue weighted by atomic mass is 16.3. The summed E-state index contributed by atoms with van der Waals surface area (Å²) in [6, 6.07) is 0. The zero-order valence-corrected chi connectivity index (χ0v) is 12.0. The zero-order valence-electron chi connectivity index (χ0n) is 12.0. The van der Waals surface area contributed by atoms with Gasteiger partial charge in [0.15, 0.2) is 6.39 Å². The van der Waals surface area contributed by atoms with Gasteiger partial charge < -0.3 is 9.73 Å². The SMILES string of the molecule is Cc1ncoc1CNC(=O)C12CC3CC(CC(C3)C1)C2. The van der Waals surface area contributed by atoms with E-state index in [4.69, 9.17) is 4.42 Å². The predicted molar refractivity (Wildman–Crippen MR) is 73.7 cm³/mol. The van der Waals surface area contributed by atoms with E-state index in [9.17, 15) is 4.79 Å². The van der Waals surface area contributed by atoms with Gasteiger partial charge in [-0.1, -0.05) is 0 Å². The summed E-state index contributed by atoms with van der Waals surface area (Å²) in [5.74, 6) is 3.45. The Morgan fingerprint density at radius 1 is 1.30 bits per heavy atom. The second-order valence-corrected chi connectivity index (χ2v) is 7.24. The maximum absolute atomic E-state index is 12.7. The third-order valence-electron chi connectivity index (χ3n) is 5.77. The van der Waals surface area contributed by atoms with Crippen LogP contribution in [0.15, 0.2) is 10.8 Å². The molecule has 1 heterocycles. The van der Waals surface area contributed by atoms with Gasteiger partial charge in [-0.3, -0.25) is 4.79 Å². The quantitative estimate of drug-likeness (QED) is 0.922. The molecule has 0 radical (unpaired) electrons. The van der Waals surface area contributed by atoms with Gasteiger partial charge in [0, 0.05) is 5.41 Å². The maximum atomic E-state index is 12.7. The fraction of sp³-hybridized carbons (Fsp3) is 0.750. The van der Waals surface area contributed by atoms with Gasteiger partial charge in [-0.25, -0.2) is 4.98 Å². The Kier molecular flexibility index (Phi) is 2.69. The van der Waals surface area contributed by atoms with Crippen molar-refractivity contribution in [2.45, 2.75) is 52.0 Å². The number of rotatable bonds is 3. The third-order valence-corrected chi connectivity index (χ3v) is 5.77. The molecule has 4 bridgehead atoms. The van der Waals surface area contributed by atoms with Crippen LogP contribution in [-0.2, 0) is 11.3 Å². The number of nitrogens with one attached hydrogen (secondary N) is 1. The maximum Gasteiger partial charge on any atom is 0.226 e. The van der Waals surface area contributed by atoms with E-state index in [1.54, 1.807) is 0 Å². The van der Waals surface area contributed by atoms with E-state index in [2.05, 4.69) is 10.3 Å². The van der Waals surface area contributed by atoms with Gasteiger partial charge in [0.2, 0.25) is 5.91 Å². The molecule has 0 aliphatic heterocycles. The number of oxazole rings is 1. The first kappa shape index (κ1) is 12.4. The van der Waals surface area contributed by atoms with Crippen LogP contribution in [0.5, 0.6) is 0 Å². The highest BCUT2D eigenvalue weighted by Gasteiger charge is 2.54. The molecule has 4 fully saturated rings. The molecule has 4 heteroatoms. The summed E-state index contributed by atoms with van der Waals surface area (Å²) >= 11 is 0. The minimum Gasteiger partial charge on any atom is -0.446 e. The van der Waals surface area contributed by atoms with Crippen LogP contribution in [0.25, 0.3) is 0 Å². The Balaban J connectivity index is 1.47. The van der Waals surface area contributed by atoms with Gasteiger partial charge in [-0.05, 0) is 63.2 Å². The van der Waals surface area contributed by atoms with Crippen molar-refractivity contribution in [1.29, 1.82) is 0 Å². The second kappa shape index (κ2) is 4.34. The average Bonchev–Trinajstić information content (AvgIpc) is 2.80. The average molecular weight is 274 g/mol. The molecule has 4 aliphatic rings. The Bertz CT molecular complexity index is 499. The van der Waals surface area contributed by atoms with E-state index in [0.29, 0.717) is 6.54 Å². The number of hydrogen-bond acceptors (Lipinski definition) is 3. The standard InChI is InChI=1S/C16H22N2O2/c1-10-14(20-9-18-10)8-17-15(19)16-5-11-2-12(6-16)4-13(3-11)7-16/h9,11-13H,2-8H2,1H3,(H,17,19). The van der Waals surface area contributed by atoms with E-state index in [1.165, 1.54) is 25.7 Å². The van der Waals surface area contributed by atoms with Crippen LogP contribution in [0.3, 0.4) is 0 Å². The lowest BCUT2D eigenvalue weighted by atomic mass is 9.49. The minimum atomic E-state index is -0.0668. The van der Waals surface area contributed by atoms with E-state index in [1.807, 2.05) is 6.92 Å². The number of nitrogens with zero attached hydrogens (tertiary/aromatic N) is 1. The van der Waals surface area contributed by atoms with Crippen LogP contribution < -0.4 is 5.32 Å². The molecule has 108 valence electrons. The number of aryl methyl sites for hydroxylation is 1. The topological polar surface area (TPSA) is 55.1 Å². The van der Waals surface area contributed by atoms with Crippen LogP contribution in [0.4, 0.5) is 0 Å². The van der Waals surface area contributed by atoms with Crippen molar-refractivity contribution in [3.05, 3.63) is 17.8 Å². The van der Waals surface area contributed by atoms with E-state index in [-0.39, 0.29) is 11.3 Å². The number of carbonyl (C=O) groups excluding carboxylic acids is 1. The van der Waals surface area contributed by atoms with Crippen molar-refractivity contribution in [2.75, 3.05) is 0 Å². The smallest absolute Gasteiger partial charge is 0.226 e. The number of hydrogen-bond donors (Lipinski definition) is 1. The van der Waals surface area contributed by atoms with Gasteiger partial charge in [-0.2, -0.15) is 0 Å². The van der Waals surface area contributed by atoms with E-state index < -0.39 is 0 Å². The van der Waals surface area contributed by atoms with Crippen molar-refractivity contribution in [3.8, 4) is 0 Å². The highest BCUT2D eigenvalue weighted by Crippen LogP contribution is 2.60. The Morgan fingerprint density at radius 3 is 2.40 bits per heavy atom. The molecular weight excluding hydrogens is 252 g/mol. The van der Waals surface area contributed by atoms with Gasteiger partial charge in [0.1, 0.15) is 5.76 Å². The zero-order chi connectivity index (χ0) is 13.7. The number of aromatic nitrogens is 1. The molecule has 1 amide bonds. The van der Waals surface area contributed by atoms with Crippen LogP contribution in [0.2, 0.25) is 0 Å². The molecule has 0 spiro atoms. The fourth-order valence-corrected chi connectivity index (χ4v) is 5.23. The van der Waals surface area contributed by atoms with Crippen LogP contribution in [-0.4, -0.2) is 10.9 Å². The Morgan fingerprint density at radius 2 is 1.90 bits per heavy atom. The second-order valence-electron chi connectivity index (χ2n) is 7.24.